The number of amides is 1. The average molecular weight is 272 g/mol. The number of nitrogens with one attached hydrogen (secondary N) is 1. The second-order valence-corrected chi connectivity index (χ2v) is 6.06. The van der Waals surface area contributed by atoms with E-state index in [9.17, 15) is 4.79 Å². The van der Waals surface area contributed by atoms with Crippen molar-refractivity contribution in [2.24, 2.45) is 23.0 Å². The molecule has 0 saturated heterocycles. The molecule has 1 amide bonds. The van der Waals surface area contributed by atoms with Gasteiger partial charge in [-0.15, -0.1) is 0 Å². The summed E-state index contributed by atoms with van der Waals surface area (Å²) >= 11 is 4.96. The molecule has 1 unspecified atom stereocenters. The molecular weight excluding hydrogens is 248 g/mol. The van der Waals surface area contributed by atoms with Gasteiger partial charge in [0.25, 0.3) is 0 Å². The van der Waals surface area contributed by atoms with Gasteiger partial charge in [-0.2, -0.15) is 0 Å². The summed E-state index contributed by atoms with van der Waals surface area (Å²) in [4.78, 5) is 12.3. The molecule has 5 heteroatoms. The molecule has 4 nitrogen and oxygen atoms in total. The van der Waals surface area contributed by atoms with Gasteiger partial charge < -0.3 is 15.8 Å². The van der Waals surface area contributed by atoms with Crippen LogP contribution in [-0.2, 0) is 9.53 Å². The Kier molecular flexibility index (Phi) is 5.53. The summed E-state index contributed by atoms with van der Waals surface area (Å²) in [5, 5.41) is 3.00. The van der Waals surface area contributed by atoms with Gasteiger partial charge in [-0.05, 0) is 30.6 Å². The third-order valence-corrected chi connectivity index (χ3v) is 3.94. The monoisotopic (exact) mass is 272 g/mol. The molecule has 0 aliphatic heterocycles. The molecule has 3 N–H and O–H groups in total. The van der Waals surface area contributed by atoms with Crippen molar-refractivity contribution >= 4 is 23.1 Å². The second-order valence-electron chi connectivity index (χ2n) is 5.58. The van der Waals surface area contributed by atoms with Gasteiger partial charge in [0.2, 0.25) is 5.91 Å². The minimum atomic E-state index is -0.363. The highest BCUT2D eigenvalue weighted by Gasteiger charge is 2.42. The largest absolute Gasteiger partial charge is 0.393 e. The minimum absolute atomic E-state index is 0.0406. The molecule has 1 saturated carbocycles. The van der Waals surface area contributed by atoms with Crippen molar-refractivity contribution in [2.45, 2.75) is 33.1 Å². The van der Waals surface area contributed by atoms with Crippen molar-refractivity contribution in [1.29, 1.82) is 0 Å². The Bertz CT molecular complexity index is 314. The molecule has 1 fully saturated rings. The predicted octanol–water partition coefficient (Wildman–Crippen LogP) is 1.48. The zero-order chi connectivity index (χ0) is 13.8. The van der Waals surface area contributed by atoms with E-state index in [1.807, 2.05) is 13.8 Å². The average Bonchev–Trinajstić information content (AvgIpc) is 3.03. The van der Waals surface area contributed by atoms with Crippen molar-refractivity contribution < 1.29 is 9.53 Å². The van der Waals surface area contributed by atoms with Crippen LogP contribution in [-0.4, -0.2) is 31.2 Å². The molecule has 104 valence electrons. The highest BCUT2D eigenvalue weighted by atomic mass is 32.1. The molecule has 0 aromatic rings. The molecule has 1 atom stereocenters. The van der Waals surface area contributed by atoms with E-state index in [0.29, 0.717) is 6.54 Å². The first-order valence-electron chi connectivity index (χ1n) is 6.48. The molecule has 0 aromatic carbocycles. The maximum absolute atomic E-state index is 12.1. The van der Waals surface area contributed by atoms with Gasteiger partial charge in [0.1, 0.15) is 0 Å². The van der Waals surface area contributed by atoms with Gasteiger partial charge in [0.05, 0.1) is 10.9 Å². The molecule has 0 bridgehead atoms. The lowest BCUT2D eigenvalue weighted by Crippen LogP contribution is -2.42. The SMILES string of the molecule is COCCC1(CNC(=O)C(C(N)=S)C(C)C)CC1. The first-order chi connectivity index (χ1) is 8.42. The zero-order valence-electron chi connectivity index (χ0n) is 11.5. The maximum atomic E-state index is 12.1. The summed E-state index contributed by atoms with van der Waals surface area (Å²) in [6.45, 7) is 5.38. The standard InChI is InChI=1S/C13H24N2O2S/c1-9(2)10(11(14)18)12(16)15-8-13(4-5-13)6-7-17-3/h9-10H,4-8H2,1-3H3,(H2,14,18)(H,15,16). The van der Waals surface area contributed by atoms with E-state index >= 15 is 0 Å². The van der Waals surface area contributed by atoms with E-state index in [4.69, 9.17) is 22.7 Å². The van der Waals surface area contributed by atoms with E-state index in [2.05, 4.69) is 5.32 Å². The fourth-order valence-corrected chi connectivity index (χ4v) is 2.53. The van der Waals surface area contributed by atoms with Gasteiger partial charge in [-0.3, -0.25) is 4.79 Å². The number of thiocarbonyl (C=S) groups is 1. The molecule has 0 aromatic heterocycles. The molecular formula is C13H24N2O2S. The Labute approximate surface area is 115 Å². The number of ether oxygens (including phenoxy) is 1. The normalized spacial score (nSPS) is 18.4. The third-order valence-electron chi connectivity index (χ3n) is 3.69. The first kappa shape index (κ1) is 15.4. The van der Waals surface area contributed by atoms with Crippen LogP contribution in [0.1, 0.15) is 33.1 Å². The molecule has 1 rings (SSSR count). The Morgan fingerprint density at radius 1 is 1.50 bits per heavy atom. The van der Waals surface area contributed by atoms with Crippen molar-refractivity contribution in [2.75, 3.05) is 20.3 Å². The Hall–Kier alpha value is -0.680. The highest BCUT2D eigenvalue weighted by molar-refractivity contribution is 7.80. The van der Waals surface area contributed by atoms with Gasteiger partial charge >= 0.3 is 0 Å². The smallest absolute Gasteiger partial charge is 0.230 e. The Balaban J connectivity index is 2.43. The van der Waals surface area contributed by atoms with Crippen LogP contribution in [0.15, 0.2) is 0 Å². The Morgan fingerprint density at radius 3 is 2.50 bits per heavy atom. The highest BCUT2D eigenvalue weighted by Crippen LogP contribution is 2.48. The summed E-state index contributed by atoms with van der Waals surface area (Å²) in [5.41, 5.74) is 5.88. The summed E-state index contributed by atoms with van der Waals surface area (Å²) < 4.78 is 5.09. The summed E-state index contributed by atoms with van der Waals surface area (Å²) in [7, 11) is 1.70. The van der Waals surface area contributed by atoms with E-state index in [1.54, 1.807) is 7.11 Å². The molecule has 0 spiro atoms. The maximum Gasteiger partial charge on any atom is 0.230 e. The van der Waals surface area contributed by atoms with Crippen molar-refractivity contribution in [1.82, 2.24) is 5.32 Å². The van der Waals surface area contributed by atoms with Crippen LogP contribution < -0.4 is 11.1 Å². The second kappa shape index (κ2) is 6.48. The van der Waals surface area contributed by atoms with E-state index in [1.165, 1.54) is 0 Å². The van der Waals surface area contributed by atoms with Gasteiger partial charge in [0, 0.05) is 20.3 Å². The van der Waals surface area contributed by atoms with Crippen molar-refractivity contribution in [3.05, 3.63) is 0 Å². The number of carbonyl (C=O) groups excluding carboxylic acids is 1. The molecule has 0 heterocycles. The number of hydrogen-bond donors (Lipinski definition) is 2. The van der Waals surface area contributed by atoms with Crippen LogP contribution in [0.25, 0.3) is 0 Å². The Morgan fingerprint density at radius 2 is 2.11 bits per heavy atom. The lowest BCUT2D eigenvalue weighted by Gasteiger charge is -2.21. The first-order valence-corrected chi connectivity index (χ1v) is 6.89. The molecule has 18 heavy (non-hydrogen) atoms. The van der Waals surface area contributed by atoms with Crippen molar-refractivity contribution in [3.8, 4) is 0 Å². The lowest BCUT2D eigenvalue weighted by molar-refractivity contribution is -0.124. The number of methoxy groups -OCH3 is 1. The number of carbonyl (C=O) groups is 1. The van der Waals surface area contributed by atoms with Crippen molar-refractivity contribution in [3.63, 3.8) is 0 Å². The van der Waals surface area contributed by atoms with Crippen LogP contribution in [0.4, 0.5) is 0 Å². The molecule has 1 aliphatic rings. The van der Waals surface area contributed by atoms with Crippen LogP contribution in [0.5, 0.6) is 0 Å². The van der Waals surface area contributed by atoms with E-state index < -0.39 is 0 Å². The molecule has 0 radical (unpaired) electrons. The fraction of sp³-hybridized carbons (Fsp3) is 0.846. The van der Waals surface area contributed by atoms with E-state index in [-0.39, 0.29) is 28.1 Å². The fourth-order valence-electron chi connectivity index (χ4n) is 2.16. The van der Waals surface area contributed by atoms with Crippen LogP contribution in [0.3, 0.4) is 0 Å². The van der Waals surface area contributed by atoms with Crippen LogP contribution in [0.2, 0.25) is 0 Å². The zero-order valence-corrected chi connectivity index (χ0v) is 12.3. The quantitative estimate of drug-likeness (QED) is 0.657. The topological polar surface area (TPSA) is 64.3 Å². The van der Waals surface area contributed by atoms with Crippen LogP contribution >= 0.6 is 12.2 Å². The third kappa shape index (κ3) is 4.21. The minimum Gasteiger partial charge on any atom is -0.393 e. The van der Waals surface area contributed by atoms with E-state index in [0.717, 1.165) is 25.9 Å². The van der Waals surface area contributed by atoms with Crippen LogP contribution in [0, 0.1) is 17.3 Å². The predicted molar refractivity (Wildman–Crippen MR) is 76.3 cm³/mol. The number of nitrogens with two attached hydrogens (primary N) is 1. The van der Waals surface area contributed by atoms with Gasteiger partial charge in [-0.25, -0.2) is 0 Å². The number of rotatable bonds is 8. The molecule has 1 aliphatic carbocycles. The summed E-state index contributed by atoms with van der Waals surface area (Å²) in [6, 6.07) is 0. The summed E-state index contributed by atoms with van der Waals surface area (Å²) in [5.74, 6) is -0.268. The summed E-state index contributed by atoms with van der Waals surface area (Å²) in [6.07, 6.45) is 3.33. The van der Waals surface area contributed by atoms with Gasteiger partial charge in [-0.1, -0.05) is 26.1 Å². The lowest BCUT2D eigenvalue weighted by atomic mass is 9.94. The number of hydrogen-bond acceptors (Lipinski definition) is 3. The van der Waals surface area contributed by atoms with Gasteiger partial charge in [0.15, 0.2) is 0 Å².